The van der Waals surface area contributed by atoms with Crippen molar-refractivity contribution >= 4 is 11.8 Å². The van der Waals surface area contributed by atoms with Crippen molar-refractivity contribution in [3.8, 4) is 0 Å². The van der Waals surface area contributed by atoms with E-state index in [4.69, 9.17) is 4.42 Å². The minimum atomic E-state index is 0.604. The van der Waals surface area contributed by atoms with E-state index in [9.17, 15) is 0 Å². The number of nitrogens with zero attached hydrogens (tertiary/aromatic N) is 4. The van der Waals surface area contributed by atoms with E-state index in [1.165, 1.54) is 0 Å². The Morgan fingerprint density at radius 1 is 1.14 bits per heavy atom. The number of anilines is 1. The summed E-state index contributed by atoms with van der Waals surface area (Å²) in [6.07, 6.45) is 4.48. The number of aliphatic imine (C=N–C) groups is 1. The first-order valence-electron chi connectivity index (χ1n) is 10.2. The van der Waals surface area contributed by atoms with E-state index in [0.717, 1.165) is 75.3 Å². The maximum absolute atomic E-state index is 5.36. The van der Waals surface area contributed by atoms with Gasteiger partial charge in [-0.25, -0.2) is 9.98 Å². The van der Waals surface area contributed by atoms with E-state index in [-0.39, 0.29) is 0 Å². The van der Waals surface area contributed by atoms with E-state index in [1.54, 1.807) is 6.26 Å². The molecule has 0 unspecified atom stereocenters. The number of piperazine rings is 1. The van der Waals surface area contributed by atoms with Crippen LogP contribution in [0.4, 0.5) is 5.82 Å². The van der Waals surface area contributed by atoms with Gasteiger partial charge in [-0.2, -0.15) is 0 Å². The second kappa shape index (κ2) is 10.7. The van der Waals surface area contributed by atoms with Gasteiger partial charge in [-0.1, -0.05) is 13.0 Å². The fraction of sp³-hybridized carbons (Fsp3) is 0.524. The molecule has 0 bridgehead atoms. The fourth-order valence-electron chi connectivity index (χ4n) is 3.26. The maximum atomic E-state index is 5.36. The van der Waals surface area contributed by atoms with Gasteiger partial charge in [0.2, 0.25) is 0 Å². The van der Waals surface area contributed by atoms with Crippen molar-refractivity contribution < 1.29 is 4.42 Å². The molecule has 7 heteroatoms. The summed E-state index contributed by atoms with van der Waals surface area (Å²) in [5.41, 5.74) is 1.11. The molecule has 0 atom stereocenters. The summed E-state index contributed by atoms with van der Waals surface area (Å²) in [5.74, 6) is 2.85. The van der Waals surface area contributed by atoms with Crippen molar-refractivity contribution in [1.82, 2.24) is 20.5 Å². The second-order valence-electron chi connectivity index (χ2n) is 6.90. The van der Waals surface area contributed by atoms with E-state index < -0.39 is 0 Å². The topological polar surface area (TPSA) is 68.9 Å². The zero-order valence-electron chi connectivity index (χ0n) is 17.0. The van der Waals surface area contributed by atoms with Gasteiger partial charge in [0.1, 0.15) is 11.6 Å². The second-order valence-corrected chi connectivity index (χ2v) is 6.90. The zero-order valence-corrected chi connectivity index (χ0v) is 17.0. The number of nitrogens with one attached hydrogen (secondary N) is 2. The molecule has 2 aromatic heterocycles. The first-order chi connectivity index (χ1) is 13.8. The van der Waals surface area contributed by atoms with Crippen molar-refractivity contribution in [2.75, 3.05) is 50.7 Å². The van der Waals surface area contributed by atoms with Crippen LogP contribution in [0.2, 0.25) is 0 Å². The van der Waals surface area contributed by atoms with E-state index >= 15 is 0 Å². The lowest BCUT2D eigenvalue weighted by atomic mass is 10.2. The standard InChI is InChI=1S/C21H32N6O/c1-3-22-21(23-10-9-19-6-5-15-28-19)25-17-18-7-8-20(24-16-18)27-13-11-26(4-2)12-14-27/h5-8,15-16H,3-4,9-14,17H2,1-2H3,(H2,22,23,25). The lowest BCUT2D eigenvalue weighted by molar-refractivity contribution is 0.270. The monoisotopic (exact) mass is 384 g/mol. The number of rotatable bonds is 8. The summed E-state index contributed by atoms with van der Waals surface area (Å²) < 4.78 is 5.36. The van der Waals surface area contributed by atoms with Crippen LogP contribution in [-0.2, 0) is 13.0 Å². The highest BCUT2D eigenvalue weighted by molar-refractivity contribution is 5.79. The Labute approximate surface area is 167 Å². The summed E-state index contributed by atoms with van der Waals surface area (Å²) >= 11 is 0. The van der Waals surface area contributed by atoms with Crippen molar-refractivity contribution in [2.24, 2.45) is 4.99 Å². The first kappa shape index (κ1) is 20.2. The molecule has 1 fully saturated rings. The van der Waals surface area contributed by atoms with Gasteiger partial charge in [0, 0.05) is 51.9 Å². The minimum Gasteiger partial charge on any atom is -0.469 e. The SMILES string of the molecule is CCNC(=NCc1ccc(N2CCN(CC)CC2)nc1)NCCc1ccco1. The number of hydrogen-bond acceptors (Lipinski definition) is 5. The lowest BCUT2D eigenvalue weighted by Crippen LogP contribution is -2.46. The largest absolute Gasteiger partial charge is 0.469 e. The molecule has 2 aromatic rings. The molecular formula is C21H32N6O. The molecule has 0 saturated carbocycles. The molecule has 1 saturated heterocycles. The molecule has 2 N–H and O–H groups in total. The van der Waals surface area contributed by atoms with Gasteiger partial charge in [0.05, 0.1) is 12.8 Å². The number of likely N-dealkylation sites (N-methyl/N-ethyl adjacent to an activating group) is 1. The third kappa shape index (κ3) is 5.99. The third-order valence-electron chi connectivity index (χ3n) is 4.96. The lowest BCUT2D eigenvalue weighted by Gasteiger charge is -2.34. The molecule has 28 heavy (non-hydrogen) atoms. The molecule has 152 valence electrons. The van der Waals surface area contributed by atoms with Gasteiger partial charge in [-0.15, -0.1) is 0 Å². The molecule has 3 heterocycles. The zero-order chi connectivity index (χ0) is 19.6. The Hall–Kier alpha value is -2.54. The fourth-order valence-corrected chi connectivity index (χ4v) is 3.26. The Bertz CT molecular complexity index is 705. The van der Waals surface area contributed by atoms with Crippen LogP contribution in [-0.4, -0.2) is 61.7 Å². The molecular weight excluding hydrogens is 352 g/mol. The molecule has 3 rings (SSSR count). The van der Waals surface area contributed by atoms with Crippen LogP contribution in [0.25, 0.3) is 0 Å². The van der Waals surface area contributed by atoms with Crippen LogP contribution in [0.1, 0.15) is 25.2 Å². The Morgan fingerprint density at radius 2 is 2.00 bits per heavy atom. The summed E-state index contributed by atoms with van der Waals surface area (Å²) in [6.45, 7) is 11.9. The van der Waals surface area contributed by atoms with Gasteiger partial charge in [0.15, 0.2) is 5.96 Å². The average molecular weight is 385 g/mol. The van der Waals surface area contributed by atoms with Crippen LogP contribution in [0.5, 0.6) is 0 Å². The van der Waals surface area contributed by atoms with Crippen LogP contribution < -0.4 is 15.5 Å². The van der Waals surface area contributed by atoms with Crippen LogP contribution in [0, 0.1) is 0 Å². The first-order valence-corrected chi connectivity index (χ1v) is 10.2. The van der Waals surface area contributed by atoms with Crippen molar-refractivity contribution in [1.29, 1.82) is 0 Å². The number of pyridine rings is 1. The van der Waals surface area contributed by atoms with Gasteiger partial charge in [0.25, 0.3) is 0 Å². The van der Waals surface area contributed by atoms with Gasteiger partial charge < -0.3 is 24.9 Å². The summed E-state index contributed by atoms with van der Waals surface area (Å²) in [7, 11) is 0. The predicted octanol–water partition coefficient (Wildman–Crippen LogP) is 2.11. The van der Waals surface area contributed by atoms with Crippen molar-refractivity contribution in [2.45, 2.75) is 26.8 Å². The van der Waals surface area contributed by atoms with Gasteiger partial charge >= 0.3 is 0 Å². The number of aromatic nitrogens is 1. The molecule has 0 aromatic carbocycles. The Morgan fingerprint density at radius 3 is 2.64 bits per heavy atom. The quantitative estimate of drug-likeness (QED) is 0.537. The highest BCUT2D eigenvalue weighted by Crippen LogP contribution is 2.14. The smallest absolute Gasteiger partial charge is 0.191 e. The molecule has 0 amide bonds. The van der Waals surface area contributed by atoms with Crippen LogP contribution in [0.3, 0.4) is 0 Å². The molecule has 0 radical (unpaired) electrons. The number of guanidine groups is 1. The summed E-state index contributed by atoms with van der Waals surface area (Å²) in [4.78, 5) is 14.2. The highest BCUT2D eigenvalue weighted by atomic mass is 16.3. The molecule has 1 aliphatic heterocycles. The summed E-state index contributed by atoms with van der Waals surface area (Å²) in [5, 5.41) is 6.63. The molecule has 1 aliphatic rings. The number of furan rings is 1. The maximum Gasteiger partial charge on any atom is 0.191 e. The van der Waals surface area contributed by atoms with Crippen molar-refractivity contribution in [3.63, 3.8) is 0 Å². The van der Waals surface area contributed by atoms with E-state index in [0.29, 0.717) is 6.54 Å². The summed E-state index contributed by atoms with van der Waals surface area (Å²) in [6, 6.07) is 8.14. The molecule has 7 nitrogen and oxygen atoms in total. The predicted molar refractivity (Wildman–Crippen MR) is 114 cm³/mol. The Balaban J connectivity index is 1.49. The van der Waals surface area contributed by atoms with Crippen LogP contribution in [0.15, 0.2) is 46.1 Å². The van der Waals surface area contributed by atoms with Gasteiger partial charge in [-0.05, 0) is 37.2 Å². The molecule has 0 aliphatic carbocycles. The van der Waals surface area contributed by atoms with E-state index in [1.807, 2.05) is 18.3 Å². The van der Waals surface area contributed by atoms with Crippen LogP contribution >= 0.6 is 0 Å². The number of hydrogen-bond donors (Lipinski definition) is 2. The average Bonchev–Trinajstić information content (AvgIpc) is 3.26. The van der Waals surface area contributed by atoms with Crippen molar-refractivity contribution in [3.05, 3.63) is 48.0 Å². The third-order valence-corrected chi connectivity index (χ3v) is 4.96. The van der Waals surface area contributed by atoms with E-state index in [2.05, 4.69) is 56.4 Å². The minimum absolute atomic E-state index is 0.604. The highest BCUT2D eigenvalue weighted by Gasteiger charge is 2.16. The van der Waals surface area contributed by atoms with Gasteiger partial charge in [-0.3, -0.25) is 0 Å². The normalized spacial score (nSPS) is 15.6. The Kier molecular flexibility index (Phi) is 7.72. The molecule has 0 spiro atoms.